The Morgan fingerprint density at radius 2 is 2.25 bits per heavy atom. The summed E-state index contributed by atoms with van der Waals surface area (Å²) in [5, 5.41) is 3.17. The van der Waals surface area contributed by atoms with Crippen LogP contribution in [0.3, 0.4) is 0 Å². The van der Waals surface area contributed by atoms with Crippen LogP contribution >= 0.6 is 0 Å². The second-order valence-corrected chi connectivity index (χ2v) is 4.94. The molecule has 3 rings (SSSR count). The van der Waals surface area contributed by atoms with Gasteiger partial charge in [0.15, 0.2) is 5.58 Å². The maximum Gasteiger partial charge on any atom is 0.387 e. The number of halogens is 2. The fourth-order valence-electron chi connectivity index (χ4n) is 2.46. The maximum absolute atomic E-state index is 12.1. The molecular formula is C13H15F2N3O2. The van der Waals surface area contributed by atoms with Crippen LogP contribution in [0.1, 0.15) is 19.3 Å². The third-order valence-corrected chi connectivity index (χ3v) is 3.39. The predicted octanol–water partition coefficient (Wildman–Crippen LogP) is 2.72. The number of nitrogens with one attached hydrogen (secondary N) is 1. The zero-order valence-corrected chi connectivity index (χ0v) is 10.7. The van der Waals surface area contributed by atoms with Crippen LogP contribution in [0.5, 0.6) is 5.75 Å². The molecule has 108 valence electrons. The van der Waals surface area contributed by atoms with Crippen molar-refractivity contribution in [3.8, 4) is 5.75 Å². The van der Waals surface area contributed by atoms with E-state index in [0.29, 0.717) is 17.1 Å². The van der Waals surface area contributed by atoms with Crippen LogP contribution in [0, 0.1) is 0 Å². The Morgan fingerprint density at radius 1 is 1.40 bits per heavy atom. The second-order valence-electron chi connectivity index (χ2n) is 4.94. The van der Waals surface area contributed by atoms with E-state index in [9.17, 15) is 8.78 Å². The largest absolute Gasteiger partial charge is 0.435 e. The standard InChI is InChI=1S/C13H15F2N3O2/c14-12(15)19-9-3-4-10-11(6-9)20-13(18-10)17-8-2-1-7(16)5-8/h3-4,6-8,12H,1-2,5,16H2,(H,17,18). The summed E-state index contributed by atoms with van der Waals surface area (Å²) in [7, 11) is 0. The van der Waals surface area contributed by atoms with E-state index >= 15 is 0 Å². The number of alkyl halides is 2. The molecule has 0 radical (unpaired) electrons. The van der Waals surface area contributed by atoms with E-state index in [4.69, 9.17) is 10.2 Å². The third kappa shape index (κ3) is 2.82. The molecule has 0 spiro atoms. The van der Waals surface area contributed by atoms with Gasteiger partial charge in [0.2, 0.25) is 0 Å². The van der Waals surface area contributed by atoms with Gasteiger partial charge in [-0.05, 0) is 31.4 Å². The Morgan fingerprint density at radius 3 is 2.95 bits per heavy atom. The van der Waals surface area contributed by atoms with Gasteiger partial charge in [-0.15, -0.1) is 0 Å². The molecule has 1 aromatic heterocycles. The first-order valence-electron chi connectivity index (χ1n) is 6.47. The minimum atomic E-state index is -2.85. The minimum Gasteiger partial charge on any atom is -0.435 e. The van der Waals surface area contributed by atoms with Crippen LogP contribution < -0.4 is 15.8 Å². The number of anilines is 1. The van der Waals surface area contributed by atoms with E-state index in [-0.39, 0.29) is 17.8 Å². The molecule has 0 amide bonds. The van der Waals surface area contributed by atoms with Crippen LogP contribution in [0.2, 0.25) is 0 Å². The van der Waals surface area contributed by atoms with Gasteiger partial charge in [-0.25, -0.2) is 0 Å². The van der Waals surface area contributed by atoms with Crippen LogP contribution in [0.4, 0.5) is 14.8 Å². The summed E-state index contributed by atoms with van der Waals surface area (Å²) in [6, 6.07) is 5.26. The lowest BCUT2D eigenvalue weighted by atomic mass is 10.2. The monoisotopic (exact) mass is 283 g/mol. The first-order valence-corrected chi connectivity index (χ1v) is 6.47. The Hall–Kier alpha value is -1.89. The van der Waals surface area contributed by atoms with Gasteiger partial charge in [0.1, 0.15) is 11.3 Å². The molecule has 1 aliphatic rings. The molecule has 20 heavy (non-hydrogen) atoms. The molecule has 5 nitrogen and oxygen atoms in total. The average molecular weight is 283 g/mol. The van der Waals surface area contributed by atoms with Crippen LogP contribution in [-0.2, 0) is 0 Å². The van der Waals surface area contributed by atoms with Gasteiger partial charge in [-0.1, -0.05) is 0 Å². The quantitative estimate of drug-likeness (QED) is 0.902. The zero-order chi connectivity index (χ0) is 14.1. The van der Waals surface area contributed by atoms with Crippen molar-refractivity contribution < 1.29 is 17.9 Å². The van der Waals surface area contributed by atoms with Gasteiger partial charge in [0.05, 0.1) is 0 Å². The molecule has 2 atom stereocenters. The normalized spacial score (nSPS) is 22.6. The van der Waals surface area contributed by atoms with E-state index in [2.05, 4.69) is 15.0 Å². The van der Waals surface area contributed by atoms with E-state index in [1.807, 2.05) is 0 Å². The Labute approximate surface area is 114 Å². The van der Waals surface area contributed by atoms with E-state index in [1.165, 1.54) is 12.1 Å². The number of rotatable bonds is 4. The molecule has 7 heteroatoms. The number of benzene rings is 1. The summed E-state index contributed by atoms with van der Waals surface area (Å²) in [6.07, 6.45) is 2.82. The van der Waals surface area contributed by atoms with Crippen molar-refractivity contribution >= 4 is 17.1 Å². The summed E-state index contributed by atoms with van der Waals surface area (Å²) in [5.41, 5.74) is 6.85. The summed E-state index contributed by atoms with van der Waals surface area (Å²) in [6.45, 7) is -2.85. The van der Waals surface area contributed by atoms with Gasteiger partial charge in [0.25, 0.3) is 6.01 Å². The third-order valence-electron chi connectivity index (χ3n) is 3.39. The number of nitrogens with two attached hydrogens (primary N) is 1. The predicted molar refractivity (Wildman–Crippen MR) is 69.9 cm³/mol. The van der Waals surface area contributed by atoms with Crippen LogP contribution in [0.15, 0.2) is 22.6 Å². The van der Waals surface area contributed by atoms with Crippen molar-refractivity contribution in [2.75, 3.05) is 5.32 Å². The second kappa shape index (κ2) is 5.24. The van der Waals surface area contributed by atoms with Crippen LogP contribution in [0.25, 0.3) is 11.1 Å². The molecule has 3 N–H and O–H groups in total. The lowest BCUT2D eigenvalue weighted by Gasteiger charge is -2.09. The van der Waals surface area contributed by atoms with Crippen molar-refractivity contribution in [3.05, 3.63) is 18.2 Å². The number of fused-ring (bicyclic) bond motifs is 1. The van der Waals surface area contributed by atoms with Crippen molar-refractivity contribution in [1.82, 2.24) is 4.98 Å². The topological polar surface area (TPSA) is 73.3 Å². The molecule has 1 aliphatic carbocycles. The molecule has 1 aromatic carbocycles. The fraction of sp³-hybridized carbons (Fsp3) is 0.462. The minimum absolute atomic E-state index is 0.0538. The number of aromatic nitrogens is 1. The number of hydrogen-bond donors (Lipinski definition) is 2. The molecule has 0 bridgehead atoms. The number of hydrogen-bond acceptors (Lipinski definition) is 5. The number of oxazole rings is 1. The van der Waals surface area contributed by atoms with Crippen molar-refractivity contribution in [1.29, 1.82) is 0 Å². The SMILES string of the molecule is NC1CCC(Nc2nc3ccc(OC(F)F)cc3o2)C1. The van der Waals surface area contributed by atoms with Gasteiger partial charge in [-0.2, -0.15) is 13.8 Å². The van der Waals surface area contributed by atoms with Crippen molar-refractivity contribution in [3.63, 3.8) is 0 Å². The van der Waals surface area contributed by atoms with Crippen molar-refractivity contribution in [2.24, 2.45) is 5.73 Å². The zero-order valence-electron chi connectivity index (χ0n) is 10.7. The smallest absolute Gasteiger partial charge is 0.387 e. The molecule has 2 unspecified atom stereocenters. The molecule has 0 saturated heterocycles. The molecular weight excluding hydrogens is 268 g/mol. The summed E-state index contributed by atoms with van der Waals surface area (Å²) >= 11 is 0. The van der Waals surface area contributed by atoms with Gasteiger partial charge < -0.3 is 20.2 Å². The van der Waals surface area contributed by atoms with Crippen molar-refractivity contribution in [2.45, 2.75) is 38.0 Å². The highest BCUT2D eigenvalue weighted by Crippen LogP contribution is 2.27. The highest BCUT2D eigenvalue weighted by Gasteiger charge is 2.23. The molecule has 1 fully saturated rings. The maximum atomic E-state index is 12.1. The van der Waals surface area contributed by atoms with E-state index in [1.54, 1.807) is 6.07 Å². The number of nitrogens with zero attached hydrogens (tertiary/aromatic N) is 1. The Kier molecular flexibility index (Phi) is 3.43. The molecule has 2 aromatic rings. The molecule has 0 aliphatic heterocycles. The van der Waals surface area contributed by atoms with E-state index < -0.39 is 6.61 Å². The highest BCUT2D eigenvalue weighted by atomic mass is 19.3. The fourth-order valence-corrected chi connectivity index (χ4v) is 2.46. The average Bonchev–Trinajstić information content (AvgIpc) is 2.94. The van der Waals surface area contributed by atoms with Gasteiger partial charge in [0, 0.05) is 18.2 Å². The first-order chi connectivity index (χ1) is 9.60. The summed E-state index contributed by atoms with van der Waals surface area (Å²) in [5.74, 6) is 0.0538. The number of ether oxygens (including phenoxy) is 1. The summed E-state index contributed by atoms with van der Waals surface area (Å²) < 4.78 is 34.1. The Bertz CT molecular complexity index is 602. The Balaban J connectivity index is 1.76. The molecule has 1 heterocycles. The lowest BCUT2D eigenvalue weighted by Crippen LogP contribution is -2.20. The van der Waals surface area contributed by atoms with E-state index in [0.717, 1.165) is 19.3 Å². The van der Waals surface area contributed by atoms with Crippen LogP contribution in [-0.4, -0.2) is 23.7 Å². The summed E-state index contributed by atoms with van der Waals surface area (Å²) in [4.78, 5) is 4.26. The first kappa shape index (κ1) is 13.1. The van der Waals surface area contributed by atoms with Gasteiger partial charge in [-0.3, -0.25) is 0 Å². The van der Waals surface area contributed by atoms with Gasteiger partial charge >= 0.3 is 6.61 Å². The lowest BCUT2D eigenvalue weighted by molar-refractivity contribution is -0.0497. The molecule has 1 saturated carbocycles. The highest BCUT2D eigenvalue weighted by molar-refractivity contribution is 5.76.